The predicted molar refractivity (Wildman–Crippen MR) is 120 cm³/mol. The van der Waals surface area contributed by atoms with E-state index in [4.69, 9.17) is 10.5 Å². The fourth-order valence-electron chi connectivity index (χ4n) is 3.46. The summed E-state index contributed by atoms with van der Waals surface area (Å²) >= 11 is 1.41. The second-order valence-corrected chi connectivity index (χ2v) is 8.07. The summed E-state index contributed by atoms with van der Waals surface area (Å²) in [6, 6.07) is 16.0. The molecule has 4 rings (SSSR count). The van der Waals surface area contributed by atoms with E-state index in [0.717, 1.165) is 29.9 Å². The molecule has 0 spiro atoms. The highest BCUT2D eigenvalue weighted by molar-refractivity contribution is 7.98. The lowest BCUT2D eigenvalue weighted by Crippen LogP contribution is -2.51. The number of thioether (sulfide) groups is 1. The molecule has 2 aromatic heterocycles. The van der Waals surface area contributed by atoms with Crippen molar-refractivity contribution in [3.8, 4) is 23.3 Å². The summed E-state index contributed by atoms with van der Waals surface area (Å²) in [7, 11) is 1.72. The normalized spacial score (nSPS) is 13.3. The fourth-order valence-corrected chi connectivity index (χ4v) is 4.39. The van der Waals surface area contributed by atoms with Crippen LogP contribution >= 0.6 is 11.8 Å². The number of nitrogen functional groups attached to an aromatic ring is 1. The molecule has 3 heterocycles. The van der Waals surface area contributed by atoms with E-state index in [1.807, 2.05) is 36.4 Å². The van der Waals surface area contributed by atoms with Gasteiger partial charge in [0.15, 0.2) is 0 Å². The van der Waals surface area contributed by atoms with Gasteiger partial charge in [0.25, 0.3) is 0 Å². The number of ether oxygens (including phenoxy) is 1. The van der Waals surface area contributed by atoms with Crippen LogP contribution in [0, 0.1) is 22.7 Å². The van der Waals surface area contributed by atoms with Crippen LogP contribution < -0.4 is 10.6 Å². The summed E-state index contributed by atoms with van der Waals surface area (Å²) in [4.78, 5) is 10.7. The quantitative estimate of drug-likeness (QED) is 0.593. The first-order chi connectivity index (χ1) is 15.1. The molecule has 8 heteroatoms. The average Bonchev–Trinajstić information content (AvgIpc) is 2.77. The maximum Gasteiger partial charge on any atom is 0.143 e. The van der Waals surface area contributed by atoms with Gasteiger partial charge in [0, 0.05) is 49.6 Å². The molecule has 1 aliphatic heterocycles. The van der Waals surface area contributed by atoms with Crippen molar-refractivity contribution in [3.63, 3.8) is 0 Å². The maximum absolute atomic E-state index is 9.93. The van der Waals surface area contributed by atoms with E-state index in [-0.39, 0.29) is 17.5 Å². The van der Waals surface area contributed by atoms with Crippen LogP contribution in [0.3, 0.4) is 0 Å². The van der Waals surface area contributed by atoms with E-state index >= 15 is 0 Å². The van der Waals surface area contributed by atoms with Crippen LogP contribution in [0.25, 0.3) is 11.1 Å². The van der Waals surface area contributed by atoms with Crippen LogP contribution in [0.15, 0.2) is 53.8 Å². The molecule has 1 aliphatic rings. The molecule has 0 saturated carbocycles. The monoisotopic (exact) mass is 428 g/mol. The zero-order valence-corrected chi connectivity index (χ0v) is 17.8. The van der Waals surface area contributed by atoms with Gasteiger partial charge in [-0.25, -0.2) is 4.98 Å². The highest BCUT2D eigenvalue weighted by atomic mass is 32.2. The van der Waals surface area contributed by atoms with Crippen molar-refractivity contribution in [2.24, 2.45) is 0 Å². The number of pyridine rings is 2. The van der Waals surface area contributed by atoms with Crippen molar-refractivity contribution < 1.29 is 4.74 Å². The smallest absolute Gasteiger partial charge is 0.143 e. The molecule has 31 heavy (non-hydrogen) atoms. The molecule has 0 radical (unpaired) electrons. The lowest BCUT2D eigenvalue weighted by atomic mass is 9.96. The number of hydrogen-bond donors (Lipinski definition) is 1. The highest BCUT2D eigenvalue weighted by Crippen LogP contribution is 2.37. The Morgan fingerprint density at radius 3 is 2.52 bits per heavy atom. The molecule has 1 fully saturated rings. The van der Waals surface area contributed by atoms with Gasteiger partial charge in [-0.2, -0.15) is 10.5 Å². The van der Waals surface area contributed by atoms with Crippen molar-refractivity contribution in [3.05, 3.63) is 65.5 Å². The number of nitriles is 2. The molecular weight excluding hydrogens is 408 g/mol. The SMILES string of the molecule is COC1CN(c2ccc(-c3c(C#N)c(N)nc(SCc4cccnc4)c3C#N)cc2)C1. The van der Waals surface area contributed by atoms with Gasteiger partial charge in [-0.15, -0.1) is 11.8 Å². The lowest BCUT2D eigenvalue weighted by molar-refractivity contribution is 0.0788. The Bertz CT molecular complexity index is 1160. The Balaban J connectivity index is 1.68. The minimum atomic E-state index is 0.125. The number of benzene rings is 1. The molecule has 1 saturated heterocycles. The second-order valence-electron chi connectivity index (χ2n) is 7.11. The third-order valence-electron chi connectivity index (χ3n) is 5.22. The Hall–Kier alpha value is -3.59. The summed E-state index contributed by atoms with van der Waals surface area (Å²) in [5.41, 5.74) is 10.1. The topological polar surface area (TPSA) is 112 Å². The number of nitrogens with zero attached hydrogens (tertiary/aromatic N) is 5. The minimum absolute atomic E-state index is 0.125. The van der Waals surface area contributed by atoms with Crippen LogP contribution in [0.1, 0.15) is 16.7 Å². The molecule has 0 aliphatic carbocycles. The van der Waals surface area contributed by atoms with E-state index in [1.165, 1.54) is 11.8 Å². The van der Waals surface area contributed by atoms with Crippen LogP contribution in [0.4, 0.5) is 11.5 Å². The Morgan fingerprint density at radius 1 is 1.16 bits per heavy atom. The van der Waals surface area contributed by atoms with Gasteiger partial charge < -0.3 is 15.4 Å². The summed E-state index contributed by atoms with van der Waals surface area (Å²) in [5, 5.41) is 20.1. The maximum atomic E-state index is 9.93. The molecule has 2 N–H and O–H groups in total. The summed E-state index contributed by atoms with van der Waals surface area (Å²) in [5.74, 6) is 0.717. The lowest BCUT2D eigenvalue weighted by Gasteiger charge is -2.40. The first kappa shape index (κ1) is 20.7. The second kappa shape index (κ2) is 9.05. The first-order valence-corrected chi connectivity index (χ1v) is 10.7. The Morgan fingerprint density at radius 2 is 1.90 bits per heavy atom. The van der Waals surface area contributed by atoms with Crippen molar-refractivity contribution >= 4 is 23.3 Å². The van der Waals surface area contributed by atoms with E-state index in [2.05, 4.69) is 27.0 Å². The van der Waals surface area contributed by atoms with Crippen molar-refractivity contribution in [1.82, 2.24) is 9.97 Å². The molecule has 0 unspecified atom stereocenters. The molecular formula is C23H20N6OS. The third-order valence-corrected chi connectivity index (χ3v) is 6.26. The van der Waals surface area contributed by atoms with Gasteiger partial charge in [0.1, 0.15) is 28.5 Å². The number of rotatable bonds is 6. The fraction of sp³-hybridized carbons (Fsp3) is 0.217. The van der Waals surface area contributed by atoms with E-state index in [9.17, 15) is 10.5 Å². The van der Waals surface area contributed by atoms with E-state index in [0.29, 0.717) is 21.9 Å². The molecule has 1 aromatic carbocycles. The Kier molecular flexibility index (Phi) is 6.03. The zero-order chi connectivity index (χ0) is 21.8. The molecule has 3 aromatic rings. The molecule has 0 bridgehead atoms. The van der Waals surface area contributed by atoms with E-state index < -0.39 is 0 Å². The third kappa shape index (κ3) is 4.17. The summed E-state index contributed by atoms with van der Waals surface area (Å²) in [6.07, 6.45) is 3.74. The van der Waals surface area contributed by atoms with Gasteiger partial charge in [0.05, 0.1) is 11.7 Å². The van der Waals surface area contributed by atoms with Gasteiger partial charge in [-0.1, -0.05) is 18.2 Å². The van der Waals surface area contributed by atoms with Gasteiger partial charge in [0.2, 0.25) is 0 Å². The summed E-state index contributed by atoms with van der Waals surface area (Å²) < 4.78 is 5.33. The predicted octanol–water partition coefficient (Wildman–Crippen LogP) is 3.60. The summed E-state index contributed by atoms with van der Waals surface area (Å²) in [6.45, 7) is 1.69. The number of nitrogens with two attached hydrogens (primary N) is 1. The molecule has 7 nitrogen and oxygen atoms in total. The number of methoxy groups -OCH3 is 1. The van der Waals surface area contributed by atoms with Crippen molar-refractivity contribution in [2.45, 2.75) is 16.9 Å². The number of anilines is 2. The molecule has 0 amide bonds. The van der Waals surface area contributed by atoms with Gasteiger partial charge >= 0.3 is 0 Å². The van der Waals surface area contributed by atoms with E-state index in [1.54, 1.807) is 19.5 Å². The standard InChI is InChI=1S/C23H20N6OS/c1-30-18-12-29(13-18)17-6-4-16(5-7-17)21-19(9-24)22(26)28-23(20(21)10-25)31-14-15-3-2-8-27-11-15/h2-8,11,18H,12-14H2,1H3,(H2,26,28). The largest absolute Gasteiger partial charge is 0.383 e. The van der Waals surface area contributed by atoms with Gasteiger partial charge in [-0.3, -0.25) is 4.98 Å². The molecule has 154 valence electrons. The van der Waals surface area contributed by atoms with Crippen LogP contribution in [-0.2, 0) is 10.5 Å². The van der Waals surface area contributed by atoms with Crippen molar-refractivity contribution in [2.75, 3.05) is 30.8 Å². The van der Waals surface area contributed by atoms with Gasteiger partial charge in [-0.05, 0) is 29.3 Å². The average molecular weight is 429 g/mol. The first-order valence-electron chi connectivity index (χ1n) is 9.68. The number of hydrogen-bond acceptors (Lipinski definition) is 8. The number of aromatic nitrogens is 2. The minimum Gasteiger partial charge on any atom is -0.383 e. The van der Waals surface area contributed by atoms with Crippen LogP contribution in [-0.4, -0.2) is 36.3 Å². The van der Waals surface area contributed by atoms with Crippen LogP contribution in [0.5, 0.6) is 0 Å². The highest BCUT2D eigenvalue weighted by Gasteiger charge is 2.27. The molecule has 0 atom stereocenters. The zero-order valence-electron chi connectivity index (χ0n) is 16.9. The van der Waals surface area contributed by atoms with Crippen molar-refractivity contribution in [1.29, 1.82) is 10.5 Å². The van der Waals surface area contributed by atoms with Crippen LogP contribution in [0.2, 0.25) is 0 Å². The Labute approximate surface area is 185 Å².